The van der Waals surface area contributed by atoms with E-state index >= 15 is 0 Å². The lowest BCUT2D eigenvalue weighted by Crippen LogP contribution is -2.39. The molecule has 2 aliphatic heterocycles. The van der Waals surface area contributed by atoms with E-state index < -0.39 is 24.5 Å². The molecule has 220 valence electrons. The molecule has 40 heavy (non-hydrogen) atoms. The second-order valence-electron chi connectivity index (χ2n) is 9.47. The third-order valence-corrected chi connectivity index (χ3v) is 6.86. The summed E-state index contributed by atoms with van der Waals surface area (Å²) in [5.41, 5.74) is 1.02. The van der Waals surface area contributed by atoms with Crippen LogP contribution in [0.3, 0.4) is 0 Å². The van der Waals surface area contributed by atoms with Crippen molar-refractivity contribution in [3.05, 3.63) is 18.0 Å². The number of carboxylic acid groups (broad SMARTS) is 1. The zero-order chi connectivity index (χ0) is 28.6. The minimum absolute atomic E-state index is 0.104. The highest BCUT2D eigenvalue weighted by Gasteiger charge is 2.47. The van der Waals surface area contributed by atoms with Crippen molar-refractivity contribution in [3.8, 4) is 0 Å². The molecule has 0 radical (unpaired) electrons. The number of ether oxygens (including phenoxy) is 2. The van der Waals surface area contributed by atoms with E-state index in [9.17, 15) is 10.2 Å². The van der Waals surface area contributed by atoms with Gasteiger partial charge in [-0.25, -0.2) is 4.98 Å². The lowest BCUT2D eigenvalue weighted by atomic mass is 10.1. The molecule has 3 aromatic rings. The fourth-order valence-corrected chi connectivity index (χ4v) is 4.64. The molecule has 0 bridgehead atoms. The van der Waals surface area contributed by atoms with Gasteiger partial charge in [0.1, 0.15) is 12.2 Å². The number of hydrogen-bond acceptors (Lipinski definition) is 14. The van der Waals surface area contributed by atoms with Crippen LogP contribution in [0.1, 0.15) is 50.7 Å². The van der Waals surface area contributed by atoms with E-state index in [4.69, 9.17) is 33.9 Å². The first-order valence-electron chi connectivity index (χ1n) is 13.3. The molecule has 16 nitrogen and oxygen atoms in total. The van der Waals surface area contributed by atoms with Crippen LogP contribution in [-0.2, 0) is 14.3 Å². The lowest BCUT2D eigenvalue weighted by molar-refractivity contribution is -0.122. The summed E-state index contributed by atoms with van der Waals surface area (Å²) in [4.78, 5) is 28.8. The van der Waals surface area contributed by atoms with Crippen molar-refractivity contribution in [3.63, 3.8) is 0 Å². The minimum Gasteiger partial charge on any atom is -0.483 e. The number of hydrogen-bond donors (Lipinski definition) is 5. The number of aliphatic hydroxyl groups is 2. The third-order valence-electron chi connectivity index (χ3n) is 6.86. The number of nitrogens with zero attached hydrogens (tertiary/aromatic N) is 7. The van der Waals surface area contributed by atoms with E-state index in [0.29, 0.717) is 35.3 Å². The molecule has 5 heterocycles. The van der Waals surface area contributed by atoms with Gasteiger partial charge < -0.3 is 39.9 Å². The molecule has 0 aromatic carbocycles. The van der Waals surface area contributed by atoms with E-state index in [0.717, 1.165) is 45.7 Å². The van der Waals surface area contributed by atoms with Crippen LogP contribution in [0.2, 0.25) is 0 Å². The van der Waals surface area contributed by atoms with Gasteiger partial charge in [-0.2, -0.15) is 15.0 Å². The zero-order valence-electron chi connectivity index (χ0n) is 22.8. The quantitative estimate of drug-likeness (QED) is 0.214. The van der Waals surface area contributed by atoms with Gasteiger partial charge >= 0.3 is 0 Å². The first-order valence-corrected chi connectivity index (χ1v) is 13.3. The number of fused-ring (bicyclic) bond motifs is 1. The van der Waals surface area contributed by atoms with E-state index in [2.05, 4.69) is 44.5 Å². The molecule has 16 heteroatoms. The summed E-state index contributed by atoms with van der Waals surface area (Å²) in [7, 11) is 0. The van der Waals surface area contributed by atoms with Crippen LogP contribution in [-0.4, -0.2) is 114 Å². The summed E-state index contributed by atoms with van der Waals surface area (Å²) in [6.07, 6.45) is -1.09. The molecule has 0 aliphatic carbocycles. The molecule has 0 spiro atoms. The first kappa shape index (κ1) is 29.5. The number of morpholine rings is 1. The Balaban J connectivity index is 0.00000118. The zero-order valence-corrected chi connectivity index (χ0v) is 22.8. The number of aromatic nitrogens is 6. The second-order valence-corrected chi connectivity index (χ2v) is 9.47. The Labute approximate surface area is 230 Å². The van der Waals surface area contributed by atoms with Gasteiger partial charge in [0.25, 0.3) is 12.4 Å². The molecule has 0 unspecified atom stereocenters. The van der Waals surface area contributed by atoms with Gasteiger partial charge in [-0.15, -0.1) is 0 Å². The standard InChI is InChI=1S/C23H35N9O5.CH2O2/c1-4-14(5-2)27-19-15-20(29-23(28-19)24-6-7-31-8-10-35-11-9-31)32(12-25-15)22-17(34)16(33)18(36-22)21-26-13(3)30-37-21;2-1-3/h12,14,16-18,22,33-34H,4-11H2,1-3H3,(H2,24,27,28,29);1H,(H,2,3)/t16-,17+,18-,22+;/m0./s1. The maximum atomic E-state index is 10.9. The Kier molecular flexibility index (Phi) is 10.2. The van der Waals surface area contributed by atoms with Gasteiger partial charge in [-0.3, -0.25) is 14.3 Å². The topological polar surface area (TPSA) is 206 Å². The summed E-state index contributed by atoms with van der Waals surface area (Å²) in [6.45, 7) is 10.4. The second kappa shape index (κ2) is 13.8. The molecule has 5 N–H and O–H groups in total. The first-order chi connectivity index (χ1) is 19.4. The van der Waals surface area contributed by atoms with E-state index in [1.54, 1.807) is 11.5 Å². The SMILES string of the molecule is CCC(CC)Nc1nc(NCCN2CCOCC2)nc2c1ncn2[C@@H]1O[C@H](c2nc(C)no2)[C@@H](O)[C@H]1O.O=CO. The molecule has 2 fully saturated rings. The highest BCUT2D eigenvalue weighted by molar-refractivity contribution is 5.84. The van der Waals surface area contributed by atoms with E-state index in [-0.39, 0.29) is 18.4 Å². The van der Waals surface area contributed by atoms with E-state index in [1.807, 2.05) is 0 Å². The summed E-state index contributed by atoms with van der Waals surface area (Å²) in [5.74, 6) is 1.55. The molecule has 5 rings (SSSR count). The van der Waals surface area contributed by atoms with Gasteiger partial charge in [0, 0.05) is 32.2 Å². The number of nitrogens with one attached hydrogen (secondary N) is 2. The molecule has 3 aromatic heterocycles. The van der Waals surface area contributed by atoms with Crippen molar-refractivity contribution in [2.75, 3.05) is 50.0 Å². The predicted octanol–water partition coefficient (Wildman–Crippen LogP) is 0.555. The highest BCUT2D eigenvalue weighted by Crippen LogP contribution is 2.39. The smallest absolute Gasteiger partial charge is 0.290 e. The van der Waals surface area contributed by atoms with Crippen molar-refractivity contribution in [2.24, 2.45) is 0 Å². The van der Waals surface area contributed by atoms with Crippen molar-refractivity contribution in [1.29, 1.82) is 0 Å². The fourth-order valence-electron chi connectivity index (χ4n) is 4.64. The molecule has 2 saturated heterocycles. The minimum atomic E-state index is -1.27. The number of imidazole rings is 1. The van der Waals surface area contributed by atoms with Crippen LogP contribution in [0.4, 0.5) is 11.8 Å². The van der Waals surface area contributed by atoms with Crippen molar-refractivity contribution in [2.45, 2.75) is 64.2 Å². The summed E-state index contributed by atoms with van der Waals surface area (Å²) >= 11 is 0. The average molecular weight is 564 g/mol. The Hall–Kier alpha value is -3.44. The largest absolute Gasteiger partial charge is 0.483 e. The Morgan fingerprint density at radius 2 is 1.88 bits per heavy atom. The molecular weight excluding hydrogens is 526 g/mol. The predicted molar refractivity (Wildman–Crippen MR) is 142 cm³/mol. The van der Waals surface area contributed by atoms with Crippen molar-refractivity contribution in [1.82, 2.24) is 34.6 Å². The third kappa shape index (κ3) is 6.64. The Morgan fingerprint density at radius 3 is 2.52 bits per heavy atom. The highest BCUT2D eigenvalue weighted by atomic mass is 16.6. The molecule has 4 atom stereocenters. The molecule has 2 aliphatic rings. The van der Waals surface area contributed by atoms with Crippen molar-refractivity contribution < 1.29 is 34.1 Å². The molecule has 0 amide bonds. The molecule has 0 saturated carbocycles. The number of carbonyl (C=O) groups is 1. The summed E-state index contributed by atoms with van der Waals surface area (Å²) in [5, 5.41) is 39.0. The normalized spacial score (nSPS) is 23.2. The van der Waals surface area contributed by atoms with Gasteiger partial charge in [0.05, 0.1) is 19.5 Å². The van der Waals surface area contributed by atoms with Gasteiger partial charge in [-0.1, -0.05) is 19.0 Å². The van der Waals surface area contributed by atoms with E-state index in [1.165, 1.54) is 6.33 Å². The lowest BCUT2D eigenvalue weighted by Gasteiger charge is -2.26. The number of rotatable bonds is 10. The Morgan fingerprint density at radius 1 is 1.15 bits per heavy atom. The number of aryl methyl sites for hydroxylation is 1. The van der Waals surface area contributed by atoms with Crippen LogP contribution >= 0.6 is 0 Å². The van der Waals surface area contributed by atoms with Gasteiger partial charge in [-0.05, 0) is 19.8 Å². The maximum absolute atomic E-state index is 10.9. The van der Waals surface area contributed by atoms with Gasteiger partial charge in [0.2, 0.25) is 5.95 Å². The summed E-state index contributed by atoms with van der Waals surface area (Å²) < 4.78 is 18.2. The average Bonchev–Trinajstić information content (AvgIpc) is 3.66. The maximum Gasteiger partial charge on any atom is 0.290 e. The van der Waals surface area contributed by atoms with Crippen LogP contribution in [0, 0.1) is 6.92 Å². The van der Waals surface area contributed by atoms with Crippen LogP contribution in [0.25, 0.3) is 11.2 Å². The van der Waals surface area contributed by atoms with Crippen LogP contribution in [0.5, 0.6) is 0 Å². The fraction of sp³-hybridized carbons (Fsp3) is 0.667. The Bertz CT molecular complexity index is 1230. The summed E-state index contributed by atoms with van der Waals surface area (Å²) in [6, 6.07) is 0.213. The van der Waals surface area contributed by atoms with Crippen molar-refractivity contribution >= 4 is 29.4 Å². The monoisotopic (exact) mass is 563 g/mol. The van der Waals surface area contributed by atoms with Crippen LogP contribution in [0.15, 0.2) is 10.9 Å². The van der Waals surface area contributed by atoms with Crippen LogP contribution < -0.4 is 10.6 Å². The number of aliphatic hydroxyl groups excluding tert-OH is 2. The number of anilines is 2. The molecular formula is C24H37N9O7. The van der Waals surface area contributed by atoms with Gasteiger partial charge in [0.15, 0.2) is 35.1 Å².